The van der Waals surface area contributed by atoms with Crippen molar-refractivity contribution in [2.24, 2.45) is 5.92 Å². The normalized spacial score (nSPS) is 19.2. The van der Waals surface area contributed by atoms with E-state index in [4.69, 9.17) is 27.7 Å². The summed E-state index contributed by atoms with van der Waals surface area (Å²) >= 11 is 12.1. The Morgan fingerprint density at radius 3 is 3.05 bits per heavy atom. The molecule has 106 valence electrons. The summed E-state index contributed by atoms with van der Waals surface area (Å²) < 4.78 is 5.30. The average molecular weight is 312 g/mol. The molecule has 1 N–H and O–H groups in total. The number of nitrogens with one attached hydrogen (secondary N) is 1. The molecular formula is C14H15Cl2N3O. The van der Waals surface area contributed by atoms with Crippen LogP contribution in [0, 0.1) is 5.92 Å². The largest absolute Gasteiger partial charge is 0.334 e. The Morgan fingerprint density at radius 1 is 1.35 bits per heavy atom. The maximum absolute atomic E-state index is 6.14. The number of hydrogen-bond donors (Lipinski definition) is 1. The molecule has 1 aliphatic heterocycles. The zero-order valence-electron chi connectivity index (χ0n) is 10.9. The van der Waals surface area contributed by atoms with Gasteiger partial charge >= 0.3 is 0 Å². The molecule has 0 spiro atoms. The lowest BCUT2D eigenvalue weighted by atomic mass is 9.96. The van der Waals surface area contributed by atoms with E-state index in [-0.39, 0.29) is 0 Å². The molecule has 4 nitrogen and oxygen atoms in total. The Kier molecular flexibility index (Phi) is 4.24. The lowest BCUT2D eigenvalue weighted by Gasteiger charge is -2.20. The van der Waals surface area contributed by atoms with Crippen molar-refractivity contribution in [1.29, 1.82) is 0 Å². The Morgan fingerprint density at radius 2 is 2.25 bits per heavy atom. The molecule has 1 aromatic carbocycles. The van der Waals surface area contributed by atoms with Gasteiger partial charge in [0.15, 0.2) is 5.82 Å². The molecule has 1 aromatic heterocycles. The molecule has 1 aliphatic rings. The van der Waals surface area contributed by atoms with E-state index >= 15 is 0 Å². The Balaban J connectivity index is 1.77. The van der Waals surface area contributed by atoms with E-state index in [0.29, 0.717) is 27.4 Å². The highest BCUT2D eigenvalue weighted by molar-refractivity contribution is 6.35. The van der Waals surface area contributed by atoms with Crippen LogP contribution in [0.5, 0.6) is 0 Å². The van der Waals surface area contributed by atoms with Crippen molar-refractivity contribution >= 4 is 23.2 Å². The second-order valence-corrected chi connectivity index (χ2v) is 5.90. The first-order chi connectivity index (χ1) is 9.72. The molecule has 1 fully saturated rings. The van der Waals surface area contributed by atoms with Gasteiger partial charge in [0.2, 0.25) is 0 Å². The topological polar surface area (TPSA) is 51.0 Å². The second-order valence-electron chi connectivity index (χ2n) is 5.06. The van der Waals surface area contributed by atoms with Crippen molar-refractivity contribution < 1.29 is 4.52 Å². The van der Waals surface area contributed by atoms with Gasteiger partial charge in [0.1, 0.15) is 0 Å². The second kappa shape index (κ2) is 6.12. The summed E-state index contributed by atoms with van der Waals surface area (Å²) in [6.45, 7) is 2.12. The van der Waals surface area contributed by atoms with Crippen molar-refractivity contribution in [3.63, 3.8) is 0 Å². The van der Waals surface area contributed by atoms with E-state index < -0.39 is 0 Å². The fraction of sp³-hybridized carbons (Fsp3) is 0.429. The minimum atomic E-state index is 0.427. The predicted molar refractivity (Wildman–Crippen MR) is 79.1 cm³/mol. The lowest BCUT2D eigenvalue weighted by Crippen LogP contribution is -2.31. The molecule has 0 aliphatic carbocycles. The molecule has 0 bridgehead atoms. The van der Waals surface area contributed by atoms with Gasteiger partial charge in [-0.2, -0.15) is 4.98 Å². The van der Waals surface area contributed by atoms with Crippen LogP contribution in [0.15, 0.2) is 22.7 Å². The van der Waals surface area contributed by atoms with Gasteiger partial charge < -0.3 is 9.84 Å². The molecule has 0 amide bonds. The summed E-state index contributed by atoms with van der Waals surface area (Å²) in [6.07, 6.45) is 3.24. The molecule has 1 unspecified atom stereocenters. The molecule has 6 heteroatoms. The van der Waals surface area contributed by atoms with Crippen LogP contribution in [0.4, 0.5) is 0 Å². The summed E-state index contributed by atoms with van der Waals surface area (Å²) in [5.74, 6) is 1.73. The molecule has 3 rings (SSSR count). The minimum Gasteiger partial charge on any atom is -0.334 e. The van der Waals surface area contributed by atoms with Crippen LogP contribution in [0.3, 0.4) is 0 Å². The maximum atomic E-state index is 6.14. The summed E-state index contributed by atoms with van der Waals surface area (Å²) in [7, 11) is 0. The number of benzene rings is 1. The molecule has 0 saturated carbocycles. The van der Waals surface area contributed by atoms with Gasteiger partial charge in [-0.15, -0.1) is 0 Å². The standard InChI is InChI=1S/C14H15Cl2N3O/c15-10-3-4-12(16)11(7-10)14-18-13(19-20-14)6-9-2-1-5-17-8-9/h3-4,7,9,17H,1-2,5-6,8H2. The van der Waals surface area contributed by atoms with E-state index in [0.717, 1.165) is 25.3 Å². The highest BCUT2D eigenvalue weighted by Gasteiger charge is 2.18. The third kappa shape index (κ3) is 3.14. The maximum Gasteiger partial charge on any atom is 0.259 e. The molecule has 0 radical (unpaired) electrons. The molecule has 1 saturated heterocycles. The summed E-state index contributed by atoms with van der Waals surface area (Å²) in [5, 5.41) is 8.58. The SMILES string of the molecule is Clc1ccc(Cl)c(-c2nc(CC3CCCNC3)no2)c1. The van der Waals surface area contributed by atoms with E-state index in [9.17, 15) is 0 Å². The van der Waals surface area contributed by atoms with E-state index in [1.807, 2.05) is 0 Å². The zero-order chi connectivity index (χ0) is 13.9. The number of aromatic nitrogens is 2. The fourth-order valence-electron chi connectivity index (χ4n) is 2.46. The van der Waals surface area contributed by atoms with Crippen molar-refractivity contribution in [3.8, 4) is 11.5 Å². The van der Waals surface area contributed by atoms with Crippen molar-refractivity contribution in [2.45, 2.75) is 19.3 Å². The fourth-order valence-corrected chi connectivity index (χ4v) is 2.83. The van der Waals surface area contributed by atoms with E-state index in [2.05, 4.69) is 15.5 Å². The van der Waals surface area contributed by atoms with Gasteiger partial charge in [-0.1, -0.05) is 28.4 Å². The zero-order valence-corrected chi connectivity index (χ0v) is 12.4. The number of hydrogen-bond acceptors (Lipinski definition) is 4. The van der Waals surface area contributed by atoms with Crippen molar-refractivity contribution in [3.05, 3.63) is 34.1 Å². The van der Waals surface area contributed by atoms with Crippen LogP contribution in [-0.2, 0) is 6.42 Å². The van der Waals surface area contributed by atoms with Crippen LogP contribution in [0.2, 0.25) is 10.0 Å². The van der Waals surface area contributed by atoms with Gasteiger partial charge in [0.25, 0.3) is 5.89 Å². The van der Waals surface area contributed by atoms with Crippen LogP contribution in [0.1, 0.15) is 18.7 Å². The van der Waals surface area contributed by atoms with Crippen LogP contribution in [0.25, 0.3) is 11.5 Å². The lowest BCUT2D eigenvalue weighted by molar-refractivity contribution is 0.360. The number of piperidine rings is 1. The summed E-state index contributed by atoms with van der Waals surface area (Å²) in [5.41, 5.74) is 0.680. The first-order valence-electron chi connectivity index (χ1n) is 6.71. The van der Waals surface area contributed by atoms with Crippen molar-refractivity contribution in [2.75, 3.05) is 13.1 Å². The number of rotatable bonds is 3. The third-order valence-electron chi connectivity index (χ3n) is 3.50. The van der Waals surface area contributed by atoms with Gasteiger partial charge in [-0.05, 0) is 50.0 Å². The third-order valence-corrected chi connectivity index (χ3v) is 4.06. The Hall–Kier alpha value is -1.10. The monoisotopic (exact) mass is 311 g/mol. The minimum absolute atomic E-state index is 0.427. The van der Waals surface area contributed by atoms with Gasteiger partial charge in [-0.3, -0.25) is 0 Å². The molecule has 1 atom stereocenters. The van der Waals surface area contributed by atoms with Crippen LogP contribution in [-0.4, -0.2) is 23.2 Å². The smallest absolute Gasteiger partial charge is 0.259 e. The van der Waals surface area contributed by atoms with Crippen LogP contribution >= 0.6 is 23.2 Å². The van der Waals surface area contributed by atoms with Gasteiger partial charge in [0.05, 0.1) is 10.6 Å². The van der Waals surface area contributed by atoms with Gasteiger partial charge in [0, 0.05) is 11.4 Å². The van der Waals surface area contributed by atoms with Crippen LogP contribution < -0.4 is 5.32 Å². The quantitative estimate of drug-likeness (QED) is 0.941. The van der Waals surface area contributed by atoms with Gasteiger partial charge in [-0.25, -0.2) is 0 Å². The summed E-state index contributed by atoms with van der Waals surface area (Å²) in [6, 6.07) is 5.20. The number of nitrogens with zero attached hydrogens (tertiary/aromatic N) is 2. The predicted octanol–water partition coefficient (Wildman–Crippen LogP) is 3.59. The Bertz CT molecular complexity index is 594. The molecule has 2 heterocycles. The van der Waals surface area contributed by atoms with E-state index in [1.165, 1.54) is 12.8 Å². The molecule has 20 heavy (non-hydrogen) atoms. The number of halogens is 2. The van der Waals surface area contributed by atoms with E-state index in [1.54, 1.807) is 18.2 Å². The highest BCUT2D eigenvalue weighted by atomic mass is 35.5. The molecular weight excluding hydrogens is 297 g/mol. The molecule has 2 aromatic rings. The average Bonchev–Trinajstić information content (AvgIpc) is 2.91. The first kappa shape index (κ1) is 13.9. The summed E-state index contributed by atoms with van der Waals surface area (Å²) in [4.78, 5) is 4.43. The first-order valence-corrected chi connectivity index (χ1v) is 7.46. The highest BCUT2D eigenvalue weighted by Crippen LogP contribution is 2.29. The Labute approximate surface area is 127 Å². The van der Waals surface area contributed by atoms with Crippen molar-refractivity contribution in [1.82, 2.24) is 15.5 Å².